The molecule has 1 heterocycles. The van der Waals surface area contributed by atoms with Crippen LogP contribution in [0.1, 0.15) is 6.92 Å². The van der Waals surface area contributed by atoms with Gasteiger partial charge in [-0.1, -0.05) is 17.8 Å². The number of allylic oxidation sites excluding steroid dienone is 1. The van der Waals surface area contributed by atoms with Crippen LogP contribution >= 0.6 is 11.8 Å². The number of aromatic nitrogens is 3. The number of nitrogens with two attached hydrogens (primary N) is 1. The standard InChI is InChI=1S/C9H15N5OS/c1-3-5-14-8(10)12-13-9(14)16-6-7(15)11-4-2/h3H,1,4-6H2,2H3,(H2,10,12)(H,11,15). The summed E-state index contributed by atoms with van der Waals surface area (Å²) in [4.78, 5) is 11.3. The van der Waals surface area contributed by atoms with Crippen molar-refractivity contribution in [3.8, 4) is 0 Å². The molecule has 0 aromatic carbocycles. The SMILES string of the molecule is C=CCn1c(N)nnc1SCC(=O)NCC. The van der Waals surface area contributed by atoms with E-state index in [1.165, 1.54) is 11.8 Å². The topological polar surface area (TPSA) is 85.8 Å². The number of carbonyl (C=O) groups is 1. The van der Waals surface area contributed by atoms with Crippen molar-refractivity contribution in [3.63, 3.8) is 0 Å². The maximum absolute atomic E-state index is 11.3. The summed E-state index contributed by atoms with van der Waals surface area (Å²) in [5, 5.41) is 11.0. The molecule has 3 N–H and O–H groups in total. The molecule has 0 unspecified atom stereocenters. The number of nitrogens with zero attached hydrogens (tertiary/aromatic N) is 3. The van der Waals surface area contributed by atoms with E-state index in [1.54, 1.807) is 10.6 Å². The number of thioether (sulfide) groups is 1. The number of anilines is 1. The number of hydrogen-bond acceptors (Lipinski definition) is 5. The number of rotatable bonds is 6. The van der Waals surface area contributed by atoms with Crippen LogP contribution in [0.3, 0.4) is 0 Å². The Kier molecular flexibility index (Phi) is 4.84. The first-order valence-electron chi connectivity index (χ1n) is 4.88. The average molecular weight is 241 g/mol. The molecule has 0 saturated carbocycles. The van der Waals surface area contributed by atoms with Gasteiger partial charge in [0.1, 0.15) is 0 Å². The predicted molar refractivity (Wildman–Crippen MR) is 64.0 cm³/mol. The van der Waals surface area contributed by atoms with Crippen molar-refractivity contribution in [3.05, 3.63) is 12.7 Å². The van der Waals surface area contributed by atoms with E-state index in [9.17, 15) is 4.79 Å². The van der Waals surface area contributed by atoms with E-state index in [-0.39, 0.29) is 5.91 Å². The van der Waals surface area contributed by atoms with Crippen molar-refractivity contribution in [2.24, 2.45) is 0 Å². The van der Waals surface area contributed by atoms with Crippen LogP contribution < -0.4 is 11.1 Å². The van der Waals surface area contributed by atoms with Crippen LogP contribution in [0, 0.1) is 0 Å². The zero-order chi connectivity index (χ0) is 12.0. The molecule has 0 atom stereocenters. The Hall–Kier alpha value is -1.50. The third kappa shape index (κ3) is 3.27. The van der Waals surface area contributed by atoms with Gasteiger partial charge in [0.2, 0.25) is 11.9 Å². The van der Waals surface area contributed by atoms with E-state index in [1.807, 2.05) is 6.92 Å². The Bertz CT molecular complexity index is 376. The molecule has 0 spiro atoms. The fourth-order valence-electron chi connectivity index (χ4n) is 1.09. The van der Waals surface area contributed by atoms with Gasteiger partial charge in [-0.05, 0) is 6.92 Å². The second-order valence-electron chi connectivity index (χ2n) is 2.98. The molecule has 0 aliphatic carbocycles. The number of hydrogen-bond donors (Lipinski definition) is 2. The molecule has 7 heteroatoms. The quantitative estimate of drug-likeness (QED) is 0.551. The molecule has 1 aromatic heterocycles. The van der Waals surface area contributed by atoms with E-state index in [2.05, 4.69) is 22.1 Å². The van der Waals surface area contributed by atoms with Gasteiger partial charge in [-0.25, -0.2) is 0 Å². The van der Waals surface area contributed by atoms with Crippen LogP contribution in [-0.4, -0.2) is 33.0 Å². The molecule has 88 valence electrons. The molecular formula is C9H15N5OS. The third-order valence-electron chi connectivity index (χ3n) is 1.76. The summed E-state index contributed by atoms with van der Waals surface area (Å²) in [7, 11) is 0. The number of amides is 1. The fraction of sp³-hybridized carbons (Fsp3) is 0.444. The minimum Gasteiger partial charge on any atom is -0.368 e. The molecule has 16 heavy (non-hydrogen) atoms. The van der Waals surface area contributed by atoms with E-state index < -0.39 is 0 Å². The zero-order valence-electron chi connectivity index (χ0n) is 9.14. The highest BCUT2D eigenvalue weighted by Crippen LogP contribution is 2.17. The van der Waals surface area contributed by atoms with Crippen LogP contribution in [0.15, 0.2) is 17.8 Å². The molecule has 0 bridgehead atoms. The first-order valence-corrected chi connectivity index (χ1v) is 5.86. The fourth-order valence-corrected chi connectivity index (χ4v) is 1.87. The Labute approximate surface area is 98.3 Å². The van der Waals surface area contributed by atoms with Crippen LogP contribution in [0.4, 0.5) is 5.95 Å². The van der Waals surface area contributed by atoms with Crippen molar-refractivity contribution >= 4 is 23.6 Å². The van der Waals surface area contributed by atoms with Gasteiger partial charge in [-0.15, -0.1) is 16.8 Å². The van der Waals surface area contributed by atoms with Gasteiger partial charge < -0.3 is 11.1 Å². The van der Waals surface area contributed by atoms with E-state index in [0.717, 1.165) is 0 Å². The Morgan fingerprint density at radius 1 is 1.69 bits per heavy atom. The number of nitrogen functional groups attached to an aromatic ring is 1. The zero-order valence-corrected chi connectivity index (χ0v) is 9.96. The number of carbonyl (C=O) groups excluding carboxylic acids is 1. The van der Waals surface area contributed by atoms with E-state index in [0.29, 0.717) is 29.9 Å². The van der Waals surface area contributed by atoms with Crippen LogP contribution in [0.5, 0.6) is 0 Å². The summed E-state index contributed by atoms with van der Waals surface area (Å²) in [6.07, 6.45) is 1.70. The normalized spacial score (nSPS) is 10.1. The largest absolute Gasteiger partial charge is 0.368 e. The summed E-state index contributed by atoms with van der Waals surface area (Å²) in [6, 6.07) is 0. The summed E-state index contributed by atoms with van der Waals surface area (Å²) in [5.74, 6) is 0.612. The lowest BCUT2D eigenvalue weighted by atomic mass is 10.6. The first-order chi connectivity index (χ1) is 7.69. The first kappa shape index (κ1) is 12.6. The van der Waals surface area contributed by atoms with Gasteiger partial charge in [0.25, 0.3) is 0 Å². The van der Waals surface area contributed by atoms with Crippen molar-refractivity contribution in [2.45, 2.75) is 18.6 Å². The van der Waals surface area contributed by atoms with Crippen molar-refractivity contribution in [2.75, 3.05) is 18.0 Å². The molecule has 0 aliphatic heterocycles. The van der Waals surface area contributed by atoms with Gasteiger partial charge in [-0.3, -0.25) is 9.36 Å². The molecule has 0 aliphatic rings. The second-order valence-corrected chi connectivity index (χ2v) is 3.92. The van der Waals surface area contributed by atoms with Crippen molar-refractivity contribution in [1.82, 2.24) is 20.1 Å². The minimum atomic E-state index is -0.0285. The molecule has 1 amide bonds. The average Bonchev–Trinajstić information content (AvgIpc) is 2.59. The molecule has 1 aromatic rings. The summed E-state index contributed by atoms with van der Waals surface area (Å²) < 4.78 is 1.71. The maximum Gasteiger partial charge on any atom is 0.230 e. The summed E-state index contributed by atoms with van der Waals surface area (Å²) in [5.41, 5.74) is 5.62. The second kappa shape index (κ2) is 6.16. The predicted octanol–water partition coefficient (Wildman–Crippen LogP) is 0.274. The summed E-state index contributed by atoms with van der Waals surface area (Å²) in [6.45, 7) is 6.66. The summed E-state index contributed by atoms with van der Waals surface area (Å²) >= 11 is 1.31. The highest BCUT2D eigenvalue weighted by atomic mass is 32.2. The van der Waals surface area contributed by atoms with Gasteiger partial charge in [0, 0.05) is 13.1 Å². The minimum absolute atomic E-state index is 0.0285. The smallest absolute Gasteiger partial charge is 0.230 e. The van der Waals surface area contributed by atoms with Crippen LogP contribution in [0.2, 0.25) is 0 Å². The van der Waals surface area contributed by atoms with Gasteiger partial charge in [0.05, 0.1) is 5.75 Å². The van der Waals surface area contributed by atoms with Crippen molar-refractivity contribution in [1.29, 1.82) is 0 Å². The highest BCUT2D eigenvalue weighted by Gasteiger charge is 2.10. The molecule has 0 radical (unpaired) electrons. The lowest BCUT2D eigenvalue weighted by Gasteiger charge is -2.04. The molecule has 0 saturated heterocycles. The van der Waals surface area contributed by atoms with Crippen LogP contribution in [0.25, 0.3) is 0 Å². The molecular weight excluding hydrogens is 226 g/mol. The van der Waals surface area contributed by atoms with E-state index in [4.69, 9.17) is 5.73 Å². The molecule has 1 rings (SSSR count). The maximum atomic E-state index is 11.3. The van der Waals surface area contributed by atoms with Crippen molar-refractivity contribution < 1.29 is 4.79 Å². The highest BCUT2D eigenvalue weighted by molar-refractivity contribution is 7.99. The van der Waals surface area contributed by atoms with Crippen LogP contribution in [-0.2, 0) is 11.3 Å². The van der Waals surface area contributed by atoms with E-state index >= 15 is 0 Å². The lowest BCUT2D eigenvalue weighted by molar-refractivity contribution is -0.118. The lowest BCUT2D eigenvalue weighted by Crippen LogP contribution is -2.24. The van der Waals surface area contributed by atoms with Gasteiger partial charge in [0.15, 0.2) is 5.16 Å². The Balaban J connectivity index is 2.59. The molecule has 0 fully saturated rings. The monoisotopic (exact) mass is 241 g/mol. The number of nitrogens with one attached hydrogen (secondary N) is 1. The Morgan fingerprint density at radius 2 is 2.44 bits per heavy atom. The third-order valence-corrected chi connectivity index (χ3v) is 2.73. The Morgan fingerprint density at radius 3 is 3.06 bits per heavy atom. The van der Waals surface area contributed by atoms with Gasteiger partial charge >= 0.3 is 0 Å². The van der Waals surface area contributed by atoms with Gasteiger partial charge in [-0.2, -0.15) is 0 Å². The molecule has 6 nitrogen and oxygen atoms in total.